The fourth-order valence-electron chi connectivity index (χ4n) is 5.06. The van der Waals surface area contributed by atoms with Crippen molar-refractivity contribution in [1.29, 1.82) is 0 Å². The van der Waals surface area contributed by atoms with Gasteiger partial charge in [0.05, 0.1) is 18.5 Å². The molecule has 6 heteroatoms. The van der Waals surface area contributed by atoms with Crippen LogP contribution in [0.4, 0.5) is 0 Å². The molecule has 2 amide bonds. The molecule has 3 heterocycles. The van der Waals surface area contributed by atoms with Crippen molar-refractivity contribution in [2.75, 3.05) is 6.54 Å². The van der Waals surface area contributed by atoms with Crippen LogP contribution in [0.1, 0.15) is 48.7 Å². The van der Waals surface area contributed by atoms with E-state index in [0.717, 1.165) is 36.9 Å². The van der Waals surface area contributed by atoms with Crippen LogP contribution in [0.2, 0.25) is 0 Å². The predicted molar refractivity (Wildman–Crippen MR) is 122 cm³/mol. The van der Waals surface area contributed by atoms with E-state index in [1.54, 1.807) is 11.2 Å². The summed E-state index contributed by atoms with van der Waals surface area (Å²) in [6, 6.07) is 17.7. The maximum atomic E-state index is 13.7. The maximum absolute atomic E-state index is 13.7. The van der Waals surface area contributed by atoms with Gasteiger partial charge in [-0.3, -0.25) is 9.59 Å². The van der Waals surface area contributed by atoms with Gasteiger partial charge in [-0.2, -0.15) is 0 Å². The number of benzene rings is 1. The molecule has 1 aliphatic carbocycles. The molecule has 1 atom stereocenters. The van der Waals surface area contributed by atoms with Gasteiger partial charge in [0, 0.05) is 12.6 Å². The fourth-order valence-corrected chi connectivity index (χ4v) is 5.06. The van der Waals surface area contributed by atoms with Crippen molar-refractivity contribution < 1.29 is 14.0 Å². The first-order valence-corrected chi connectivity index (χ1v) is 11.5. The minimum absolute atomic E-state index is 0.0736. The molecule has 3 aromatic rings. The van der Waals surface area contributed by atoms with Gasteiger partial charge in [0.1, 0.15) is 17.0 Å². The first kappa shape index (κ1) is 20.6. The van der Waals surface area contributed by atoms with Crippen LogP contribution in [0, 0.1) is 0 Å². The van der Waals surface area contributed by atoms with Crippen LogP contribution in [-0.4, -0.2) is 39.4 Å². The number of rotatable bonds is 6. The highest BCUT2D eigenvalue weighted by Crippen LogP contribution is 2.34. The Bertz CT molecular complexity index is 1100. The summed E-state index contributed by atoms with van der Waals surface area (Å²) < 4.78 is 7.54. The highest BCUT2D eigenvalue weighted by molar-refractivity contribution is 6.00. The number of furan rings is 1. The summed E-state index contributed by atoms with van der Waals surface area (Å²) >= 11 is 0. The van der Waals surface area contributed by atoms with Crippen molar-refractivity contribution in [3.8, 4) is 11.5 Å². The first-order valence-electron chi connectivity index (χ1n) is 11.5. The molecule has 0 saturated heterocycles. The third kappa shape index (κ3) is 3.64. The zero-order valence-electron chi connectivity index (χ0n) is 18.4. The molecule has 1 unspecified atom stereocenters. The molecule has 166 valence electrons. The first-order chi connectivity index (χ1) is 15.6. The third-order valence-electron chi connectivity index (χ3n) is 6.93. The van der Waals surface area contributed by atoms with Gasteiger partial charge in [-0.05, 0) is 56.0 Å². The van der Waals surface area contributed by atoms with Gasteiger partial charge in [-0.25, -0.2) is 0 Å². The van der Waals surface area contributed by atoms with Gasteiger partial charge in [-0.1, -0.05) is 43.2 Å². The van der Waals surface area contributed by atoms with E-state index in [1.165, 1.54) is 0 Å². The van der Waals surface area contributed by atoms with Crippen molar-refractivity contribution in [1.82, 2.24) is 14.8 Å². The van der Waals surface area contributed by atoms with Crippen LogP contribution in [0.25, 0.3) is 11.5 Å². The summed E-state index contributed by atoms with van der Waals surface area (Å²) in [6.45, 7) is 2.78. The third-order valence-corrected chi connectivity index (χ3v) is 6.93. The molecule has 0 bridgehead atoms. The van der Waals surface area contributed by atoms with Gasteiger partial charge in [0.25, 0.3) is 5.91 Å². The van der Waals surface area contributed by atoms with Crippen LogP contribution >= 0.6 is 0 Å². The van der Waals surface area contributed by atoms with Gasteiger partial charge < -0.3 is 19.2 Å². The van der Waals surface area contributed by atoms with Crippen LogP contribution in [-0.2, 0) is 17.8 Å². The van der Waals surface area contributed by atoms with E-state index in [2.05, 4.69) is 17.4 Å². The number of carbonyl (C=O) groups is 2. The molecule has 5 rings (SSSR count). The Morgan fingerprint density at radius 1 is 1.06 bits per heavy atom. The lowest BCUT2D eigenvalue weighted by Crippen LogP contribution is -2.65. The fraction of sp³-hybridized carbons (Fsp3) is 0.385. The minimum atomic E-state index is -0.984. The summed E-state index contributed by atoms with van der Waals surface area (Å²) in [5, 5.41) is 3.25. The Kier molecular flexibility index (Phi) is 5.37. The van der Waals surface area contributed by atoms with Gasteiger partial charge >= 0.3 is 0 Å². The van der Waals surface area contributed by atoms with E-state index in [1.807, 2.05) is 54.0 Å². The van der Waals surface area contributed by atoms with Crippen LogP contribution < -0.4 is 5.32 Å². The molecule has 1 N–H and O–H groups in total. The zero-order valence-corrected chi connectivity index (χ0v) is 18.4. The standard InChI is InChI=1S/C26H29N3O3/c1-26(25(31)27-20-10-5-6-11-20)18-28-21(23-12-7-17-32-23)13-14-22(28)24(30)29(26)16-15-19-8-3-2-4-9-19/h2-4,7-9,12-14,17,20H,5-6,10-11,15-16,18H2,1H3,(H,27,31). The molecule has 1 aliphatic heterocycles. The molecule has 1 aromatic carbocycles. The van der Waals surface area contributed by atoms with Crippen LogP contribution in [0.3, 0.4) is 0 Å². The Balaban J connectivity index is 1.49. The van der Waals surface area contributed by atoms with Crippen LogP contribution in [0.15, 0.2) is 65.3 Å². The predicted octanol–water partition coefficient (Wildman–Crippen LogP) is 4.26. The topological polar surface area (TPSA) is 67.5 Å². The monoisotopic (exact) mass is 431 g/mol. The van der Waals surface area contributed by atoms with E-state index in [0.29, 0.717) is 31.0 Å². The number of amides is 2. The maximum Gasteiger partial charge on any atom is 0.271 e. The smallest absolute Gasteiger partial charge is 0.271 e. The molecular weight excluding hydrogens is 402 g/mol. The van der Waals surface area contributed by atoms with E-state index < -0.39 is 5.54 Å². The summed E-state index contributed by atoms with van der Waals surface area (Å²) in [6.07, 6.45) is 6.62. The molecular formula is C26H29N3O3. The lowest BCUT2D eigenvalue weighted by atomic mass is 9.93. The summed E-state index contributed by atoms with van der Waals surface area (Å²) in [7, 11) is 0. The van der Waals surface area contributed by atoms with Gasteiger partial charge in [0.15, 0.2) is 0 Å². The number of aromatic nitrogens is 1. The Labute approximate surface area is 188 Å². The SMILES string of the molecule is CC1(C(=O)NC2CCCC2)Cn2c(ccc2-c2ccco2)C(=O)N1CCc1ccccc1. The summed E-state index contributed by atoms with van der Waals surface area (Å²) in [5.74, 6) is 0.505. The minimum Gasteiger partial charge on any atom is -0.463 e. The normalized spacial score (nSPS) is 21.0. The number of carbonyl (C=O) groups excluding carboxylic acids is 2. The molecule has 0 radical (unpaired) electrons. The van der Waals surface area contributed by atoms with Crippen LogP contribution in [0.5, 0.6) is 0 Å². The van der Waals surface area contributed by atoms with E-state index in [4.69, 9.17) is 4.42 Å². The molecule has 1 saturated carbocycles. The Morgan fingerprint density at radius 3 is 2.53 bits per heavy atom. The van der Waals surface area contributed by atoms with Crippen molar-refractivity contribution >= 4 is 11.8 Å². The van der Waals surface area contributed by atoms with Gasteiger partial charge in [-0.15, -0.1) is 0 Å². The average Bonchev–Trinajstić information content (AvgIpc) is 3.56. The second-order valence-corrected chi connectivity index (χ2v) is 9.09. The summed E-state index contributed by atoms with van der Waals surface area (Å²) in [4.78, 5) is 29.1. The highest BCUT2D eigenvalue weighted by Gasteiger charge is 2.48. The van der Waals surface area contributed by atoms with E-state index >= 15 is 0 Å². The van der Waals surface area contributed by atoms with Crippen molar-refractivity contribution in [3.63, 3.8) is 0 Å². The van der Waals surface area contributed by atoms with Crippen molar-refractivity contribution in [2.45, 2.75) is 57.2 Å². The lowest BCUT2D eigenvalue weighted by molar-refractivity contribution is -0.133. The molecule has 0 spiro atoms. The number of nitrogens with one attached hydrogen (secondary N) is 1. The Hall–Kier alpha value is -3.28. The molecule has 2 aromatic heterocycles. The number of hydrogen-bond acceptors (Lipinski definition) is 3. The van der Waals surface area contributed by atoms with Crippen molar-refractivity contribution in [3.05, 3.63) is 72.1 Å². The molecule has 2 aliphatic rings. The lowest BCUT2D eigenvalue weighted by Gasteiger charge is -2.44. The van der Waals surface area contributed by atoms with E-state index in [-0.39, 0.29) is 17.9 Å². The largest absolute Gasteiger partial charge is 0.463 e. The molecule has 32 heavy (non-hydrogen) atoms. The second-order valence-electron chi connectivity index (χ2n) is 9.09. The quantitative estimate of drug-likeness (QED) is 0.634. The molecule has 6 nitrogen and oxygen atoms in total. The number of nitrogens with zero attached hydrogens (tertiary/aromatic N) is 2. The van der Waals surface area contributed by atoms with Gasteiger partial charge in [0.2, 0.25) is 5.91 Å². The highest BCUT2D eigenvalue weighted by atomic mass is 16.3. The van der Waals surface area contributed by atoms with E-state index in [9.17, 15) is 9.59 Å². The summed E-state index contributed by atoms with van der Waals surface area (Å²) in [5.41, 5.74) is 1.58. The second kappa shape index (κ2) is 8.34. The number of fused-ring (bicyclic) bond motifs is 1. The zero-order chi connectivity index (χ0) is 22.1. The average molecular weight is 432 g/mol. The van der Waals surface area contributed by atoms with Crippen molar-refractivity contribution in [2.24, 2.45) is 0 Å². The molecule has 1 fully saturated rings. The Morgan fingerprint density at radius 2 is 1.81 bits per heavy atom. The number of hydrogen-bond donors (Lipinski definition) is 1.